The van der Waals surface area contributed by atoms with Crippen LogP contribution in [-0.2, 0) is 14.8 Å². The Bertz CT molecular complexity index is 766. The smallest absolute Gasteiger partial charge is 0.289 e. The van der Waals surface area contributed by atoms with Crippen LogP contribution in [-0.4, -0.2) is 54.6 Å². The van der Waals surface area contributed by atoms with Gasteiger partial charge in [0.2, 0.25) is 15.9 Å². The molecule has 9 heteroatoms. The predicted molar refractivity (Wildman–Crippen MR) is 90.4 cm³/mol. The van der Waals surface area contributed by atoms with Crippen LogP contribution in [0.5, 0.6) is 0 Å². The number of nitro benzene ring substituents is 1. The summed E-state index contributed by atoms with van der Waals surface area (Å²) in [6, 6.07) is 5.37. The van der Waals surface area contributed by atoms with Crippen LogP contribution in [0.15, 0.2) is 29.2 Å². The van der Waals surface area contributed by atoms with Crippen LogP contribution in [0.4, 0.5) is 5.69 Å². The van der Waals surface area contributed by atoms with Crippen molar-refractivity contribution in [1.82, 2.24) is 9.21 Å². The Kier molecular flexibility index (Phi) is 5.05. The maximum atomic E-state index is 12.8. The second-order valence-electron chi connectivity index (χ2n) is 6.44. The molecule has 3 rings (SSSR count). The van der Waals surface area contributed by atoms with Gasteiger partial charge < -0.3 is 4.90 Å². The van der Waals surface area contributed by atoms with E-state index in [0.29, 0.717) is 12.8 Å². The Morgan fingerprint density at radius 3 is 2.28 bits per heavy atom. The van der Waals surface area contributed by atoms with Gasteiger partial charge in [0.05, 0.1) is 4.92 Å². The molecule has 0 bridgehead atoms. The summed E-state index contributed by atoms with van der Waals surface area (Å²) in [7, 11) is -3.94. The molecule has 0 radical (unpaired) electrons. The molecule has 0 unspecified atom stereocenters. The van der Waals surface area contributed by atoms with E-state index < -0.39 is 20.6 Å². The van der Waals surface area contributed by atoms with Gasteiger partial charge in [-0.05, 0) is 31.7 Å². The van der Waals surface area contributed by atoms with E-state index in [2.05, 4.69) is 0 Å². The molecule has 0 N–H and O–H groups in total. The van der Waals surface area contributed by atoms with E-state index in [9.17, 15) is 23.3 Å². The SMILES string of the molecule is O=C(C1CCN(S(=O)(=O)c2ccccc2[N+](=O)[O-])CC1)N1CCCC1. The van der Waals surface area contributed by atoms with E-state index in [4.69, 9.17) is 0 Å². The topological polar surface area (TPSA) is 101 Å². The van der Waals surface area contributed by atoms with Gasteiger partial charge >= 0.3 is 0 Å². The van der Waals surface area contributed by atoms with Gasteiger partial charge in [-0.2, -0.15) is 4.31 Å². The molecular weight excluding hydrogens is 346 g/mol. The van der Waals surface area contributed by atoms with Crippen LogP contribution < -0.4 is 0 Å². The van der Waals surface area contributed by atoms with Crippen LogP contribution in [0.2, 0.25) is 0 Å². The zero-order valence-corrected chi connectivity index (χ0v) is 14.7. The number of hydrogen-bond donors (Lipinski definition) is 0. The summed E-state index contributed by atoms with van der Waals surface area (Å²) in [5, 5.41) is 11.1. The van der Waals surface area contributed by atoms with E-state index in [1.807, 2.05) is 4.90 Å². The molecule has 8 nitrogen and oxygen atoms in total. The lowest BCUT2D eigenvalue weighted by molar-refractivity contribution is -0.387. The largest absolute Gasteiger partial charge is 0.342 e. The number of likely N-dealkylation sites (tertiary alicyclic amines) is 1. The number of para-hydroxylation sites is 1. The van der Waals surface area contributed by atoms with Crippen LogP contribution in [0, 0.1) is 16.0 Å². The summed E-state index contributed by atoms with van der Waals surface area (Å²) in [5.41, 5.74) is -0.419. The van der Waals surface area contributed by atoms with Crippen LogP contribution in [0.25, 0.3) is 0 Å². The molecule has 2 saturated heterocycles. The second kappa shape index (κ2) is 7.09. The first-order chi connectivity index (χ1) is 11.9. The first kappa shape index (κ1) is 17.8. The van der Waals surface area contributed by atoms with Crippen molar-refractivity contribution in [3.63, 3.8) is 0 Å². The maximum absolute atomic E-state index is 12.8. The Balaban J connectivity index is 1.72. The molecule has 0 atom stereocenters. The summed E-state index contributed by atoms with van der Waals surface area (Å²) < 4.78 is 26.8. The van der Waals surface area contributed by atoms with Crippen molar-refractivity contribution in [3.05, 3.63) is 34.4 Å². The van der Waals surface area contributed by atoms with Crippen molar-refractivity contribution >= 4 is 21.6 Å². The number of sulfonamides is 1. The van der Waals surface area contributed by atoms with Crippen molar-refractivity contribution in [3.8, 4) is 0 Å². The Morgan fingerprint density at radius 2 is 1.68 bits per heavy atom. The lowest BCUT2D eigenvalue weighted by Gasteiger charge is -2.32. The van der Waals surface area contributed by atoms with Gasteiger partial charge in [0, 0.05) is 38.2 Å². The van der Waals surface area contributed by atoms with Gasteiger partial charge in [-0.15, -0.1) is 0 Å². The van der Waals surface area contributed by atoms with Gasteiger partial charge in [0.15, 0.2) is 4.90 Å². The molecule has 2 aliphatic rings. The van der Waals surface area contributed by atoms with E-state index in [1.165, 1.54) is 28.6 Å². The molecule has 1 amide bonds. The number of benzene rings is 1. The van der Waals surface area contributed by atoms with Crippen molar-refractivity contribution in [2.45, 2.75) is 30.6 Å². The average molecular weight is 367 g/mol. The van der Waals surface area contributed by atoms with Crippen LogP contribution >= 0.6 is 0 Å². The van der Waals surface area contributed by atoms with Crippen molar-refractivity contribution in [2.24, 2.45) is 5.92 Å². The highest BCUT2D eigenvalue weighted by molar-refractivity contribution is 7.89. The summed E-state index contributed by atoms with van der Waals surface area (Å²) in [6.45, 7) is 1.98. The summed E-state index contributed by atoms with van der Waals surface area (Å²) >= 11 is 0. The monoisotopic (exact) mass is 367 g/mol. The van der Waals surface area contributed by atoms with E-state index in [0.717, 1.165) is 25.9 Å². The predicted octanol–water partition coefficient (Wildman–Crippen LogP) is 1.62. The Hall–Kier alpha value is -2.00. The van der Waals surface area contributed by atoms with Gasteiger partial charge in [0.1, 0.15) is 0 Å². The second-order valence-corrected chi connectivity index (χ2v) is 8.34. The molecule has 2 fully saturated rings. The zero-order chi connectivity index (χ0) is 18.0. The number of rotatable bonds is 4. The zero-order valence-electron chi connectivity index (χ0n) is 13.8. The summed E-state index contributed by atoms with van der Waals surface area (Å²) in [5.74, 6) is -0.0458. The molecular formula is C16H21N3O5S. The minimum Gasteiger partial charge on any atom is -0.342 e. The van der Waals surface area contributed by atoms with Gasteiger partial charge in [-0.25, -0.2) is 8.42 Å². The molecule has 1 aromatic rings. The number of carbonyl (C=O) groups is 1. The number of amides is 1. The lowest BCUT2D eigenvalue weighted by atomic mass is 9.97. The highest BCUT2D eigenvalue weighted by Crippen LogP contribution is 2.30. The van der Waals surface area contributed by atoms with Crippen molar-refractivity contribution in [2.75, 3.05) is 26.2 Å². The molecule has 0 aliphatic carbocycles. The molecule has 136 valence electrons. The number of carbonyl (C=O) groups excluding carboxylic acids is 1. The molecule has 25 heavy (non-hydrogen) atoms. The van der Waals surface area contributed by atoms with Crippen LogP contribution in [0.3, 0.4) is 0 Å². The maximum Gasteiger partial charge on any atom is 0.289 e. The summed E-state index contributed by atoms with van der Waals surface area (Å²) in [4.78, 5) is 24.4. The Morgan fingerprint density at radius 1 is 1.08 bits per heavy atom. The standard InChI is InChI=1S/C16H21N3O5S/c20-16(17-9-3-4-10-17)13-7-11-18(12-8-13)25(23,24)15-6-2-1-5-14(15)19(21)22/h1-2,5-6,13H,3-4,7-12H2. The third-order valence-corrected chi connectivity index (χ3v) is 6.85. The number of nitro groups is 1. The molecule has 1 aromatic carbocycles. The van der Waals surface area contributed by atoms with E-state index in [1.54, 1.807) is 0 Å². The highest BCUT2D eigenvalue weighted by Gasteiger charge is 2.36. The molecule has 0 spiro atoms. The van der Waals surface area contributed by atoms with Gasteiger partial charge in [-0.3, -0.25) is 14.9 Å². The van der Waals surface area contributed by atoms with Gasteiger partial charge in [-0.1, -0.05) is 12.1 Å². The highest BCUT2D eigenvalue weighted by atomic mass is 32.2. The van der Waals surface area contributed by atoms with E-state index >= 15 is 0 Å². The van der Waals surface area contributed by atoms with Crippen LogP contribution in [0.1, 0.15) is 25.7 Å². The minimum absolute atomic E-state index is 0.111. The fourth-order valence-electron chi connectivity index (χ4n) is 3.50. The normalized spacial score (nSPS) is 19.9. The third-order valence-electron chi connectivity index (χ3n) is 4.90. The van der Waals surface area contributed by atoms with Crippen molar-refractivity contribution < 1.29 is 18.1 Å². The lowest BCUT2D eigenvalue weighted by Crippen LogP contribution is -2.43. The average Bonchev–Trinajstić information content (AvgIpc) is 3.16. The fraction of sp³-hybridized carbons (Fsp3) is 0.562. The number of nitrogens with zero attached hydrogens (tertiary/aromatic N) is 3. The first-order valence-electron chi connectivity index (χ1n) is 8.43. The molecule has 2 aliphatic heterocycles. The number of hydrogen-bond acceptors (Lipinski definition) is 5. The van der Waals surface area contributed by atoms with E-state index in [-0.39, 0.29) is 29.8 Å². The fourth-order valence-corrected chi connectivity index (χ4v) is 5.13. The third kappa shape index (κ3) is 3.52. The van der Waals surface area contributed by atoms with Gasteiger partial charge in [0.25, 0.3) is 5.69 Å². The van der Waals surface area contributed by atoms with Crippen molar-refractivity contribution in [1.29, 1.82) is 0 Å². The minimum atomic E-state index is -3.94. The Labute approximate surface area is 146 Å². The molecule has 0 saturated carbocycles. The summed E-state index contributed by atoms with van der Waals surface area (Å²) in [6.07, 6.45) is 2.96. The number of piperidine rings is 1. The molecule has 2 heterocycles. The first-order valence-corrected chi connectivity index (χ1v) is 9.87. The molecule has 0 aromatic heterocycles. The quantitative estimate of drug-likeness (QED) is 0.594.